The van der Waals surface area contributed by atoms with E-state index in [9.17, 15) is 5.11 Å². The Morgan fingerprint density at radius 1 is 1.29 bits per heavy atom. The normalized spacial score (nSPS) is 22.6. The largest absolute Gasteiger partial charge is 0.494 e. The lowest BCUT2D eigenvalue weighted by Crippen LogP contribution is -2.26. The molecule has 148 valence electrons. The molecule has 4 atom stereocenters. The number of nitriles is 1. The Kier molecular flexibility index (Phi) is 6.66. The van der Waals surface area contributed by atoms with Crippen molar-refractivity contribution >= 4 is 0 Å². The van der Waals surface area contributed by atoms with Crippen molar-refractivity contribution in [1.82, 2.24) is 10.3 Å². The van der Waals surface area contributed by atoms with Crippen molar-refractivity contribution in [2.45, 2.75) is 51.8 Å². The highest BCUT2D eigenvalue weighted by Crippen LogP contribution is 2.33. The van der Waals surface area contributed by atoms with E-state index >= 15 is 0 Å². The second kappa shape index (κ2) is 9.18. The highest BCUT2D eigenvalue weighted by atomic mass is 16.5. The topological polar surface area (TPSA) is 78.2 Å². The standard InChI is InChI=1S/C23H29N3O2/c1-4-15(2)20-10-19(11-22(20)27)25-13-16-5-7-17(8-6-16)18-9-23(28-3)21(12-24)26-14-18/h5-9,14-15,19-20,22,25,27H,4,10-11,13H2,1-3H3. The molecule has 0 spiro atoms. The average Bonchev–Trinajstić information content (AvgIpc) is 3.12. The molecule has 5 nitrogen and oxygen atoms in total. The van der Waals surface area contributed by atoms with Gasteiger partial charge in [-0.1, -0.05) is 44.5 Å². The Labute approximate surface area is 167 Å². The van der Waals surface area contributed by atoms with Crippen molar-refractivity contribution in [2.24, 2.45) is 11.8 Å². The molecule has 28 heavy (non-hydrogen) atoms. The number of methoxy groups -OCH3 is 1. The Balaban J connectivity index is 1.60. The molecule has 0 bridgehead atoms. The van der Waals surface area contributed by atoms with E-state index in [0.29, 0.717) is 29.3 Å². The Morgan fingerprint density at radius 2 is 2.04 bits per heavy atom. The van der Waals surface area contributed by atoms with Crippen LogP contribution in [0.4, 0.5) is 0 Å². The second-order valence-electron chi connectivity index (χ2n) is 7.75. The van der Waals surface area contributed by atoms with Crippen LogP contribution in [0.15, 0.2) is 36.5 Å². The summed E-state index contributed by atoms with van der Waals surface area (Å²) >= 11 is 0. The smallest absolute Gasteiger partial charge is 0.182 e. The number of ether oxygens (including phenoxy) is 1. The fourth-order valence-corrected chi connectivity index (χ4v) is 4.05. The minimum absolute atomic E-state index is 0.186. The Bertz CT molecular complexity index is 829. The number of nitrogens with one attached hydrogen (secondary N) is 1. The molecular formula is C23H29N3O2. The number of aromatic nitrogens is 1. The molecule has 2 N–H and O–H groups in total. The third-order valence-electron chi connectivity index (χ3n) is 6.01. The predicted molar refractivity (Wildman–Crippen MR) is 110 cm³/mol. The SMILES string of the molecule is CCC(C)C1CC(NCc2ccc(-c3cnc(C#N)c(OC)c3)cc2)CC1O. The van der Waals surface area contributed by atoms with Gasteiger partial charge in [0.1, 0.15) is 6.07 Å². The van der Waals surface area contributed by atoms with Crippen LogP contribution in [-0.4, -0.2) is 29.3 Å². The maximum Gasteiger partial charge on any atom is 0.182 e. The van der Waals surface area contributed by atoms with Crippen LogP contribution in [0.3, 0.4) is 0 Å². The van der Waals surface area contributed by atoms with E-state index in [1.54, 1.807) is 13.3 Å². The highest BCUT2D eigenvalue weighted by molar-refractivity contribution is 5.65. The summed E-state index contributed by atoms with van der Waals surface area (Å²) in [6, 6.07) is 12.6. The third-order valence-corrected chi connectivity index (χ3v) is 6.01. The minimum atomic E-state index is -0.186. The van der Waals surface area contributed by atoms with Crippen LogP contribution in [-0.2, 0) is 6.54 Å². The average molecular weight is 380 g/mol. The lowest BCUT2D eigenvalue weighted by Gasteiger charge is -2.20. The molecule has 1 aromatic heterocycles. The summed E-state index contributed by atoms with van der Waals surface area (Å²) in [6.07, 6.45) is 4.51. The van der Waals surface area contributed by atoms with Gasteiger partial charge in [0.15, 0.2) is 11.4 Å². The lowest BCUT2D eigenvalue weighted by atomic mass is 9.89. The van der Waals surface area contributed by atoms with E-state index < -0.39 is 0 Å². The molecule has 1 aromatic carbocycles. The van der Waals surface area contributed by atoms with Crippen LogP contribution in [0.1, 0.15) is 44.4 Å². The molecule has 1 heterocycles. The molecule has 1 aliphatic rings. The van der Waals surface area contributed by atoms with Crippen LogP contribution in [0, 0.1) is 23.2 Å². The summed E-state index contributed by atoms with van der Waals surface area (Å²) < 4.78 is 5.24. The number of hydrogen-bond acceptors (Lipinski definition) is 5. The summed E-state index contributed by atoms with van der Waals surface area (Å²) in [4.78, 5) is 4.17. The van der Waals surface area contributed by atoms with Crippen molar-refractivity contribution in [1.29, 1.82) is 5.26 Å². The van der Waals surface area contributed by atoms with Gasteiger partial charge in [-0.15, -0.1) is 0 Å². The number of aliphatic hydroxyl groups excluding tert-OH is 1. The maximum atomic E-state index is 10.3. The minimum Gasteiger partial charge on any atom is -0.494 e. The summed E-state index contributed by atoms with van der Waals surface area (Å²) in [5.74, 6) is 1.46. The molecule has 5 heteroatoms. The van der Waals surface area contributed by atoms with Crippen LogP contribution < -0.4 is 10.1 Å². The zero-order valence-electron chi connectivity index (χ0n) is 16.9. The first kappa shape index (κ1) is 20.3. The van der Waals surface area contributed by atoms with E-state index in [0.717, 1.165) is 36.9 Å². The molecule has 4 unspecified atom stereocenters. The first-order valence-corrected chi connectivity index (χ1v) is 10.0. The summed E-state index contributed by atoms with van der Waals surface area (Å²) in [6.45, 7) is 5.22. The van der Waals surface area contributed by atoms with Crippen LogP contribution in [0.2, 0.25) is 0 Å². The first-order chi connectivity index (χ1) is 13.5. The highest BCUT2D eigenvalue weighted by Gasteiger charge is 2.35. The van der Waals surface area contributed by atoms with Gasteiger partial charge in [-0.25, -0.2) is 4.98 Å². The molecule has 0 amide bonds. The van der Waals surface area contributed by atoms with Gasteiger partial charge in [-0.3, -0.25) is 0 Å². The number of pyridine rings is 1. The summed E-state index contributed by atoms with van der Waals surface area (Å²) in [7, 11) is 1.54. The van der Waals surface area contributed by atoms with Gasteiger partial charge in [-0.2, -0.15) is 5.26 Å². The van der Waals surface area contributed by atoms with E-state index in [-0.39, 0.29) is 6.10 Å². The van der Waals surface area contributed by atoms with Crippen molar-refractivity contribution < 1.29 is 9.84 Å². The fourth-order valence-electron chi connectivity index (χ4n) is 4.05. The van der Waals surface area contributed by atoms with Gasteiger partial charge in [0.2, 0.25) is 0 Å². The number of rotatable bonds is 7. The third kappa shape index (κ3) is 4.52. The number of aliphatic hydroxyl groups is 1. The number of hydrogen-bond donors (Lipinski definition) is 2. The summed E-state index contributed by atoms with van der Waals surface area (Å²) in [5.41, 5.74) is 3.46. The van der Waals surface area contributed by atoms with Crippen LogP contribution in [0.5, 0.6) is 5.75 Å². The molecular weight excluding hydrogens is 350 g/mol. The molecule has 0 saturated heterocycles. The number of benzene rings is 1. The van der Waals surface area contributed by atoms with Gasteiger partial charge in [0, 0.05) is 24.3 Å². The van der Waals surface area contributed by atoms with Gasteiger partial charge >= 0.3 is 0 Å². The zero-order valence-corrected chi connectivity index (χ0v) is 16.9. The molecule has 1 saturated carbocycles. The predicted octanol–water partition coefficient (Wildman–Crippen LogP) is 3.90. The lowest BCUT2D eigenvalue weighted by molar-refractivity contribution is 0.101. The first-order valence-electron chi connectivity index (χ1n) is 10.0. The molecule has 0 aliphatic heterocycles. The molecule has 3 rings (SSSR count). The van der Waals surface area contributed by atoms with Gasteiger partial charge in [-0.05, 0) is 41.9 Å². The van der Waals surface area contributed by atoms with Crippen LogP contribution in [0.25, 0.3) is 11.1 Å². The van der Waals surface area contributed by atoms with Gasteiger partial charge in [0.05, 0.1) is 13.2 Å². The molecule has 2 aromatic rings. The Hall–Kier alpha value is -2.42. The van der Waals surface area contributed by atoms with Crippen molar-refractivity contribution in [3.05, 3.63) is 47.8 Å². The summed E-state index contributed by atoms with van der Waals surface area (Å²) in [5, 5.41) is 23.0. The number of nitrogens with zero attached hydrogens (tertiary/aromatic N) is 2. The van der Waals surface area contributed by atoms with Crippen molar-refractivity contribution in [2.75, 3.05) is 7.11 Å². The quantitative estimate of drug-likeness (QED) is 0.763. The fraction of sp³-hybridized carbons (Fsp3) is 0.478. The molecule has 1 aliphatic carbocycles. The van der Waals surface area contributed by atoms with Crippen molar-refractivity contribution in [3.63, 3.8) is 0 Å². The zero-order chi connectivity index (χ0) is 20.1. The van der Waals surface area contributed by atoms with E-state index in [4.69, 9.17) is 10.00 Å². The van der Waals surface area contributed by atoms with E-state index in [1.807, 2.05) is 12.1 Å². The van der Waals surface area contributed by atoms with Gasteiger partial charge in [0.25, 0.3) is 0 Å². The monoisotopic (exact) mass is 379 g/mol. The molecule has 0 radical (unpaired) electrons. The molecule has 1 fully saturated rings. The maximum absolute atomic E-state index is 10.3. The van der Waals surface area contributed by atoms with Crippen LogP contribution >= 0.6 is 0 Å². The van der Waals surface area contributed by atoms with Crippen molar-refractivity contribution in [3.8, 4) is 22.9 Å². The van der Waals surface area contributed by atoms with E-state index in [1.165, 1.54) is 5.56 Å². The second-order valence-corrected chi connectivity index (χ2v) is 7.75. The van der Waals surface area contributed by atoms with E-state index in [2.05, 4.69) is 48.4 Å². The Morgan fingerprint density at radius 3 is 2.68 bits per heavy atom. The van der Waals surface area contributed by atoms with Gasteiger partial charge < -0.3 is 15.2 Å².